The molecule has 1 aromatic heterocycles. The van der Waals surface area contributed by atoms with E-state index in [0.717, 1.165) is 24.3 Å². The molecule has 168 valence electrons. The summed E-state index contributed by atoms with van der Waals surface area (Å²) in [5.74, 6) is -0.422. The number of fused-ring (bicyclic) bond motifs is 1. The van der Waals surface area contributed by atoms with Crippen LogP contribution in [0.2, 0.25) is 5.02 Å². The highest BCUT2D eigenvalue weighted by molar-refractivity contribution is 7.91. The molecule has 1 unspecified atom stereocenters. The molecule has 11 heteroatoms. The van der Waals surface area contributed by atoms with E-state index in [1.54, 1.807) is 24.3 Å². The molecule has 0 saturated carbocycles. The largest absolute Gasteiger partial charge is 0.368 e. The minimum atomic E-state index is -3.81. The summed E-state index contributed by atoms with van der Waals surface area (Å²) in [5.41, 5.74) is 2.92. The minimum Gasteiger partial charge on any atom is -0.368 e. The first-order chi connectivity index (χ1) is 15.3. The van der Waals surface area contributed by atoms with Crippen molar-refractivity contribution in [3.8, 4) is 0 Å². The first kappa shape index (κ1) is 22.7. The number of carbonyl (C=O) groups excluding carboxylic acids is 1. The highest BCUT2D eigenvalue weighted by atomic mass is 35.5. The number of halogens is 1. The number of nitrogens with one attached hydrogen (secondary N) is 2. The van der Waals surface area contributed by atoms with Crippen LogP contribution in [0.15, 0.2) is 52.9 Å². The van der Waals surface area contributed by atoms with E-state index in [1.807, 2.05) is 12.1 Å². The van der Waals surface area contributed by atoms with Crippen LogP contribution < -0.4 is 14.9 Å². The molecule has 1 aliphatic rings. The third kappa shape index (κ3) is 5.09. The van der Waals surface area contributed by atoms with Crippen LogP contribution in [0.3, 0.4) is 0 Å². The van der Waals surface area contributed by atoms with E-state index in [9.17, 15) is 13.2 Å². The van der Waals surface area contributed by atoms with Crippen molar-refractivity contribution in [2.24, 2.45) is 0 Å². The molecule has 0 spiro atoms. The standard InChI is InChI=1S/C21H22ClN5O3S2/c1-14-13-16-5-2-3-6-18(16)27(14)12-4-11-23-32(29,30)21-26-25-20(31-21)24-19(28)15-7-9-17(22)10-8-15/h2-3,5-10,14,23H,4,11-13H2,1H3,(H,24,25,28). The van der Waals surface area contributed by atoms with Gasteiger partial charge >= 0.3 is 0 Å². The van der Waals surface area contributed by atoms with Crippen LogP contribution in [0, 0.1) is 0 Å². The van der Waals surface area contributed by atoms with Crippen molar-refractivity contribution in [3.63, 3.8) is 0 Å². The van der Waals surface area contributed by atoms with Crippen LogP contribution >= 0.6 is 22.9 Å². The summed E-state index contributed by atoms with van der Waals surface area (Å²) in [6.45, 7) is 3.20. The number of hydrogen-bond donors (Lipinski definition) is 2. The van der Waals surface area contributed by atoms with Gasteiger partial charge in [-0.3, -0.25) is 10.1 Å². The first-order valence-corrected chi connectivity index (χ1v) is 12.8. The third-order valence-electron chi connectivity index (χ3n) is 5.18. The summed E-state index contributed by atoms with van der Waals surface area (Å²) in [5, 5.41) is 10.7. The fraction of sp³-hybridized carbons (Fsp3) is 0.286. The lowest BCUT2D eigenvalue weighted by Crippen LogP contribution is -2.33. The molecule has 0 aliphatic carbocycles. The number of rotatable bonds is 8. The van der Waals surface area contributed by atoms with Crippen LogP contribution in [0.1, 0.15) is 29.3 Å². The lowest BCUT2D eigenvalue weighted by molar-refractivity contribution is 0.102. The average Bonchev–Trinajstić information content (AvgIpc) is 3.36. The quantitative estimate of drug-likeness (QED) is 0.369. The maximum Gasteiger partial charge on any atom is 0.269 e. The lowest BCUT2D eigenvalue weighted by atomic mass is 10.1. The second kappa shape index (κ2) is 9.53. The Morgan fingerprint density at radius 3 is 2.72 bits per heavy atom. The Kier molecular flexibility index (Phi) is 6.75. The number of para-hydroxylation sites is 1. The van der Waals surface area contributed by atoms with Crippen molar-refractivity contribution >= 4 is 49.7 Å². The zero-order chi connectivity index (χ0) is 22.7. The molecule has 0 radical (unpaired) electrons. The summed E-state index contributed by atoms with van der Waals surface area (Å²) in [4.78, 5) is 14.6. The molecule has 2 aromatic carbocycles. The fourth-order valence-corrected chi connectivity index (χ4v) is 5.76. The van der Waals surface area contributed by atoms with Crippen molar-refractivity contribution < 1.29 is 13.2 Å². The smallest absolute Gasteiger partial charge is 0.269 e. The van der Waals surface area contributed by atoms with E-state index in [-0.39, 0.29) is 16.0 Å². The predicted molar refractivity (Wildman–Crippen MR) is 126 cm³/mol. The Balaban J connectivity index is 1.30. The molecule has 4 rings (SSSR count). The highest BCUT2D eigenvalue weighted by Gasteiger charge is 2.25. The number of amides is 1. The Morgan fingerprint density at radius 2 is 1.94 bits per heavy atom. The summed E-state index contributed by atoms with van der Waals surface area (Å²) in [7, 11) is -3.81. The summed E-state index contributed by atoms with van der Waals surface area (Å²) in [6.07, 6.45) is 1.65. The average molecular weight is 492 g/mol. The van der Waals surface area contributed by atoms with Gasteiger partial charge in [-0.2, -0.15) is 0 Å². The molecule has 32 heavy (non-hydrogen) atoms. The fourth-order valence-electron chi connectivity index (χ4n) is 3.63. The highest BCUT2D eigenvalue weighted by Crippen LogP contribution is 2.31. The van der Waals surface area contributed by atoms with Gasteiger partial charge in [-0.15, -0.1) is 10.2 Å². The van der Waals surface area contributed by atoms with E-state index in [0.29, 0.717) is 23.0 Å². The number of anilines is 2. The number of carbonyl (C=O) groups is 1. The number of nitrogens with zero attached hydrogens (tertiary/aromatic N) is 3. The van der Waals surface area contributed by atoms with Crippen molar-refractivity contribution in [3.05, 3.63) is 64.7 Å². The van der Waals surface area contributed by atoms with Crippen LogP contribution in [-0.2, 0) is 16.4 Å². The van der Waals surface area contributed by atoms with E-state index in [1.165, 1.54) is 11.3 Å². The molecule has 0 bridgehead atoms. The van der Waals surface area contributed by atoms with Crippen LogP contribution in [0.25, 0.3) is 0 Å². The van der Waals surface area contributed by atoms with Gasteiger partial charge in [0.05, 0.1) is 0 Å². The molecular formula is C21H22ClN5O3S2. The van der Waals surface area contributed by atoms with Gasteiger partial charge in [0.15, 0.2) is 0 Å². The zero-order valence-electron chi connectivity index (χ0n) is 17.3. The monoisotopic (exact) mass is 491 g/mol. The van der Waals surface area contributed by atoms with Gasteiger partial charge in [-0.05, 0) is 55.7 Å². The Labute approximate surface area is 195 Å². The zero-order valence-corrected chi connectivity index (χ0v) is 19.7. The van der Waals surface area contributed by atoms with Crippen molar-refractivity contribution in [2.75, 3.05) is 23.3 Å². The predicted octanol–water partition coefficient (Wildman–Crippen LogP) is 3.56. The maximum absolute atomic E-state index is 12.6. The Bertz CT molecular complexity index is 1210. The van der Waals surface area contributed by atoms with Crippen LogP contribution in [0.5, 0.6) is 0 Å². The van der Waals surface area contributed by atoms with E-state index in [2.05, 4.69) is 44.2 Å². The molecule has 1 amide bonds. The molecule has 3 aromatic rings. The van der Waals surface area contributed by atoms with Crippen LogP contribution in [-0.4, -0.2) is 43.7 Å². The summed E-state index contributed by atoms with van der Waals surface area (Å²) in [6, 6.07) is 15.0. The number of aromatic nitrogens is 2. The van der Waals surface area contributed by atoms with E-state index in [4.69, 9.17) is 11.6 Å². The molecular weight excluding hydrogens is 470 g/mol. The molecule has 1 atom stereocenters. The Hall–Kier alpha value is -2.53. The van der Waals surface area contributed by atoms with Gasteiger partial charge in [0.2, 0.25) is 9.47 Å². The molecule has 1 aliphatic heterocycles. The molecule has 8 nitrogen and oxygen atoms in total. The summed E-state index contributed by atoms with van der Waals surface area (Å²) < 4.78 is 27.5. The normalized spacial score (nSPS) is 15.6. The van der Waals surface area contributed by atoms with Gasteiger partial charge in [0, 0.05) is 35.4 Å². The number of benzene rings is 2. The first-order valence-electron chi connectivity index (χ1n) is 10.1. The minimum absolute atomic E-state index is 0.104. The maximum atomic E-state index is 12.6. The second-order valence-corrected chi connectivity index (χ2v) is 10.8. The van der Waals surface area contributed by atoms with E-state index < -0.39 is 15.9 Å². The van der Waals surface area contributed by atoms with E-state index >= 15 is 0 Å². The number of sulfonamides is 1. The molecule has 0 fully saturated rings. The van der Waals surface area contributed by atoms with Gasteiger partial charge in [0.1, 0.15) is 0 Å². The lowest BCUT2D eigenvalue weighted by Gasteiger charge is -2.24. The molecule has 0 saturated heterocycles. The second-order valence-electron chi connectivity index (χ2n) is 7.46. The summed E-state index contributed by atoms with van der Waals surface area (Å²) >= 11 is 6.62. The van der Waals surface area contributed by atoms with Gasteiger partial charge in [0.25, 0.3) is 15.9 Å². The van der Waals surface area contributed by atoms with Crippen molar-refractivity contribution in [1.82, 2.24) is 14.9 Å². The van der Waals surface area contributed by atoms with Crippen LogP contribution in [0.4, 0.5) is 10.8 Å². The van der Waals surface area contributed by atoms with Gasteiger partial charge in [-0.25, -0.2) is 13.1 Å². The van der Waals surface area contributed by atoms with Crippen molar-refractivity contribution in [1.29, 1.82) is 0 Å². The van der Waals surface area contributed by atoms with Gasteiger partial charge in [-0.1, -0.05) is 41.1 Å². The third-order valence-corrected chi connectivity index (χ3v) is 8.10. The number of hydrogen-bond acceptors (Lipinski definition) is 7. The van der Waals surface area contributed by atoms with Gasteiger partial charge < -0.3 is 4.90 Å². The molecule has 2 N–H and O–H groups in total. The topological polar surface area (TPSA) is 104 Å². The Morgan fingerprint density at radius 1 is 1.19 bits per heavy atom. The molecule has 2 heterocycles. The SMILES string of the molecule is CC1Cc2ccccc2N1CCCNS(=O)(=O)c1nnc(NC(=O)c2ccc(Cl)cc2)s1. The van der Waals surface area contributed by atoms with Crippen molar-refractivity contribution in [2.45, 2.75) is 30.1 Å².